The van der Waals surface area contributed by atoms with E-state index in [1.807, 2.05) is 43.7 Å². The highest BCUT2D eigenvalue weighted by Crippen LogP contribution is 2.16. The van der Waals surface area contributed by atoms with E-state index in [0.717, 1.165) is 11.3 Å². The Kier molecular flexibility index (Phi) is 3.44. The third-order valence-corrected chi connectivity index (χ3v) is 3.42. The number of nitriles is 1. The first-order valence-corrected chi connectivity index (χ1v) is 6.69. The SMILES string of the molecule is C[n+]1ccc(C=Nc2ccc(C#N)cc2)c2ccccc21. The highest BCUT2D eigenvalue weighted by molar-refractivity contribution is 5.97. The molecule has 0 spiro atoms. The lowest BCUT2D eigenvalue weighted by atomic mass is 10.1. The quantitative estimate of drug-likeness (QED) is 0.521. The van der Waals surface area contributed by atoms with Crippen molar-refractivity contribution in [3.63, 3.8) is 0 Å². The van der Waals surface area contributed by atoms with Crippen molar-refractivity contribution in [2.45, 2.75) is 0 Å². The van der Waals surface area contributed by atoms with Crippen molar-refractivity contribution in [2.24, 2.45) is 12.0 Å². The molecule has 100 valence electrons. The molecule has 0 aliphatic carbocycles. The summed E-state index contributed by atoms with van der Waals surface area (Å²) in [6, 6.07) is 19.6. The van der Waals surface area contributed by atoms with Crippen molar-refractivity contribution in [3.8, 4) is 6.07 Å². The van der Waals surface area contributed by atoms with Gasteiger partial charge in [-0.2, -0.15) is 5.26 Å². The van der Waals surface area contributed by atoms with Crippen molar-refractivity contribution in [1.29, 1.82) is 5.26 Å². The van der Waals surface area contributed by atoms with E-state index in [4.69, 9.17) is 5.26 Å². The molecule has 0 saturated heterocycles. The van der Waals surface area contributed by atoms with E-state index >= 15 is 0 Å². The fourth-order valence-electron chi connectivity index (χ4n) is 2.27. The molecular weight excluding hydrogens is 258 g/mol. The molecule has 1 aromatic heterocycles. The largest absolute Gasteiger partial charge is 0.256 e. The number of hydrogen-bond donors (Lipinski definition) is 0. The number of benzene rings is 2. The molecule has 0 bridgehead atoms. The molecule has 2 aromatic carbocycles. The van der Waals surface area contributed by atoms with Gasteiger partial charge >= 0.3 is 0 Å². The first kappa shape index (κ1) is 13.0. The highest BCUT2D eigenvalue weighted by Gasteiger charge is 2.06. The van der Waals surface area contributed by atoms with Crippen LogP contribution in [0.15, 0.2) is 65.8 Å². The minimum atomic E-state index is 0.645. The van der Waals surface area contributed by atoms with Gasteiger partial charge in [-0.05, 0) is 30.3 Å². The predicted molar refractivity (Wildman–Crippen MR) is 83.5 cm³/mol. The standard InChI is InChI=1S/C18H14N3/c1-21-11-10-15(17-4-2-3-5-18(17)21)13-20-16-8-6-14(12-19)7-9-16/h2-11,13H,1H3/q+1. The molecule has 0 aliphatic heterocycles. The zero-order valence-corrected chi connectivity index (χ0v) is 11.7. The molecule has 0 atom stereocenters. The van der Waals surface area contributed by atoms with E-state index in [-0.39, 0.29) is 0 Å². The van der Waals surface area contributed by atoms with Gasteiger partial charge in [-0.25, -0.2) is 4.57 Å². The zero-order chi connectivity index (χ0) is 14.7. The average molecular weight is 272 g/mol. The Labute approximate surface area is 123 Å². The maximum atomic E-state index is 8.79. The Balaban J connectivity index is 1.99. The fraction of sp³-hybridized carbons (Fsp3) is 0.0556. The summed E-state index contributed by atoms with van der Waals surface area (Å²) in [4.78, 5) is 4.49. The van der Waals surface area contributed by atoms with Crippen molar-refractivity contribution < 1.29 is 4.57 Å². The van der Waals surface area contributed by atoms with Gasteiger partial charge in [-0.3, -0.25) is 4.99 Å². The van der Waals surface area contributed by atoms with Gasteiger partial charge in [-0.1, -0.05) is 12.1 Å². The molecule has 0 radical (unpaired) electrons. The first-order chi connectivity index (χ1) is 10.3. The van der Waals surface area contributed by atoms with Crippen LogP contribution in [0.3, 0.4) is 0 Å². The van der Waals surface area contributed by atoms with Crippen LogP contribution >= 0.6 is 0 Å². The number of rotatable bonds is 2. The van der Waals surface area contributed by atoms with Gasteiger partial charge < -0.3 is 0 Å². The number of nitrogens with zero attached hydrogens (tertiary/aromatic N) is 3. The molecule has 21 heavy (non-hydrogen) atoms. The Morgan fingerprint density at radius 3 is 2.57 bits per heavy atom. The Morgan fingerprint density at radius 1 is 1.05 bits per heavy atom. The van der Waals surface area contributed by atoms with Crippen molar-refractivity contribution in [1.82, 2.24) is 0 Å². The van der Waals surface area contributed by atoms with Gasteiger partial charge in [0.2, 0.25) is 5.52 Å². The Hall–Kier alpha value is -2.99. The highest BCUT2D eigenvalue weighted by atomic mass is 14.9. The van der Waals surface area contributed by atoms with Crippen molar-refractivity contribution in [3.05, 3.63) is 71.9 Å². The van der Waals surface area contributed by atoms with E-state index in [2.05, 4.69) is 33.8 Å². The maximum absolute atomic E-state index is 8.79. The van der Waals surface area contributed by atoms with Gasteiger partial charge in [0, 0.05) is 23.9 Å². The van der Waals surface area contributed by atoms with Crippen LogP contribution in [-0.4, -0.2) is 6.21 Å². The molecule has 1 heterocycles. The van der Waals surface area contributed by atoms with Crippen LogP contribution < -0.4 is 4.57 Å². The molecule has 0 aliphatic rings. The third-order valence-electron chi connectivity index (χ3n) is 3.42. The predicted octanol–water partition coefficient (Wildman–Crippen LogP) is 3.29. The normalized spacial score (nSPS) is 10.9. The minimum absolute atomic E-state index is 0.645. The van der Waals surface area contributed by atoms with Crippen LogP contribution in [0.25, 0.3) is 10.9 Å². The molecule has 3 aromatic rings. The van der Waals surface area contributed by atoms with Gasteiger partial charge in [0.05, 0.1) is 22.7 Å². The fourth-order valence-corrected chi connectivity index (χ4v) is 2.27. The van der Waals surface area contributed by atoms with Gasteiger partial charge in [0.15, 0.2) is 6.20 Å². The summed E-state index contributed by atoms with van der Waals surface area (Å²) in [6.07, 6.45) is 3.90. The maximum Gasteiger partial charge on any atom is 0.212 e. The molecule has 0 amide bonds. The molecular formula is C18H14N3+. The number of pyridine rings is 1. The molecule has 3 heteroatoms. The summed E-state index contributed by atoms with van der Waals surface area (Å²) in [6.45, 7) is 0. The monoisotopic (exact) mass is 272 g/mol. The second-order valence-corrected chi connectivity index (χ2v) is 4.82. The number of fused-ring (bicyclic) bond motifs is 1. The summed E-state index contributed by atoms with van der Waals surface area (Å²) in [5, 5.41) is 9.96. The van der Waals surface area contributed by atoms with Crippen LogP contribution in [0.4, 0.5) is 5.69 Å². The number of hydrogen-bond acceptors (Lipinski definition) is 2. The molecule has 0 N–H and O–H groups in total. The molecule has 0 fully saturated rings. The number of aryl methyl sites for hydroxylation is 1. The zero-order valence-electron chi connectivity index (χ0n) is 11.7. The summed E-state index contributed by atoms with van der Waals surface area (Å²) in [5.41, 5.74) is 3.73. The Morgan fingerprint density at radius 2 is 1.81 bits per heavy atom. The lowest BCUT2D eigenvalue weighted by molar-refractivity contribution is -0.644. The summed E-state index contributed by atoms with van der Waals surface area (Å²) < 4.78 is 2.09. The summed E-state index contributed by atoms with van der Waals surface area (Å²) in [5.74, 6) is 0. The van der Waals surface area contributed by atoms with Crippen LogP contribution in [-0.2, 0) is 7.05 Å². The van der Waals surface area contributed by atoms with E-state index in [1.165, 1.54) is 10.9 Å². The molecule has 3 nitrogen and oxygen atoms in total. The summed E-state index contributed by atoms with van der Waals surface area (Å²) >= 11 is 0. The van der Waals surface area contributed by atoms with E-state index in [0.29, 0.717) is 5.56 Å². The van der Waals surface area contributed by atoms with Crippen molar-refractivity contribution >= 4 is 22.8 Å². The van der Waals surface area contributed by atoms with E-state index in [9.17, 15) is 0 Å². The third kappa shape index (κ3) is 2.65. The molecule has 3 rings (SSSR count). The molecule has 0 saturated carbocycles. The molecule has 0 unspecified atom stereocenters. The first-order valence-electron chi connectivity index (χ1n) is 6.69. The number of aliphatic imine (C=N–C) groups is 1. The van der Waals surface area contributed by atoms with Gasteiger partial charge in [0.25, 0.3) is 0 Å². The minimum Gasteiger partial charge on any atom is -0.256 e. The lowest BCUT2D eigenvalue weighted by Gasteiger charge is -2.00. The van der Waals surface area contributed by atoms with Crippen LogP contribution in [0.1, 0.15) is 11.1 Å². The topological polar surface area (TPSA) is 40.0 Å². The van der Waals surface area contributed by atoms with Gasteiger partial charge in [-0.15, -0.1) is 0 Å². The van der Waals surface area contributed by atoms with Crippen molar-refractivity contribution in [2.75, 3.05) is 0 Å². The average Bonchev–Trinajstić information content (AvgIpc) is 2.55. The Bertz CT molecular complexity index is 856. The van der Waals surface area contributed by atoms with Crippen LogP contribution in [0.2, 0.25) is 0 Å². The van der Waals surface area contributed by atoms with E-state index < -0.39 is 0 Å². The van der Waals surface area contributed by atoms with Gasteiger partial charge in [0.1, 0.15) is 7.05 Å². The lowest BCUT2D eigenvalue weighted by Crippen LogP contribution is -2.28. The smallest absolute Gasteiger partial charge is 0.212 e. The summed E-state index contributed by atoms with van der Waals surface area (Å²) in [7, 11) is 2.03. The van der Waals surface area contributed by atoms with E-state index in [1.54, 1.807) is 12.1 Å². The number of para-hydroxylation sites is 1. The second kappa shape index (κ2) is 5.56. The number of aromatic nitrogens is 1. The van der Waals surface area contributed by atoms with Crippen LogP contribution in [0, 0.1) is 11.3 Å². The van der Waals surface area contributed by atoms with Crippen LogP contribution in [0.5, 0.6) is 0 Å². The second-order valence-electron chi connectivity index (χ2n) is 4.82.